The van der Waals surface area contributed by atoms with Crippen LogP contribution in [0.5, 0.6) is 0 Å². The number of ether oxygens (including phenoxy) is 4. The molecule has 0 radical (unpaired) electrons. The molecular formula is C23H33N2O9+. The van der Waals surface area contributed by atoms with Gasteiger partial charge in [0.25, 0.3) is 5.91 Å². The molecule has 0 unspecified atom stereocenters. The molecule has 0 aliphatic carbocycles. The molecule has 11 heteroatoms. The predicted molar refractivity (Wildman–Crippen MR) is 116 cm³/mol. The fraction of sp³-hybridized carbons (Fsp3) is 0.609. The molecule has 5 atom stereocenters. The lowest BCUT2D eigenvalue weighted by Gasteiger charge is -2.18. The van der Waals surface area contributed by atoms with Crippen molar-refractivity contribution in [1.29, 1.82) is 0 Å². The number of rotatable bonds is 11. The molecule has 1 saturated heterocycles. The number of hydrogen-bond donors (Lipinski definition) is 2. The number of nitrogens with zero attached hydrogens (tertiary/aromatic N) is 1. The molecule has 0 aromatic carbocycles. The van der Waals surface area contributed by atoms with Crippen LogP contribution in [0.4, 0.5) is 0 Å². The quantitative estimate of drug-likeness (QED) is 0.262. The van der Waals surface area contributed by atoms with Crippen molar-refractivity contribution < 1.29 is 47.8 Å². The summed E-state index contributed by atoms with van der Waals surface area (Å²) in [5.74, 6) is -3.24. The number of carbonyl (C=O) groups excluding carboxylic acids is 4. The van der Waals surface area contributed by atoms with E-state index in [1.54, 1.807) is 23.8 Å². The topological polar surface area (TPSA) is 155 Å². The van der Waals surface area contributed by atoms with Crippen molar-refractivity contribution in [2.75, 3.05) is 6.61 Å². The number of nitrogens with two attached hydrogens (primary N) is 1. The molecule has 0 saturated carbocycles. The molecule has 2 heterocycles. The van der Waals surface area contributed by atoms with Crippen LogP contribution in [0.3, 0.4) is 0 Å². The molecule has 1 aromatic rings. The van der Waals surface area contributed by atoms with Crippen molar-refractivity contribution >= 4 is 23.8 Å². The lowest BCUT2D eigenvalue weighted by molar-refractivity contribution is -0.765. The van der Waals surface area contributed by atoms with Crippen LogP contribution in [0.2, 0.25) is 0 Å². The lowest BCUT2D eigenvalue weighted by atomic mass is 10.0. The minimum absolute atomic E-state index is 0.235. The van der Waals surface area contributed by atoms with Crippen LogP contribution in [-0.2, 0) is 33.3 Å². The number of esters is 3. The molecule has 1 aliphatic rings. The molecule has 3 N–H and O–H groups in total. The first kappa shape index (κ1) is 27.2. The number of hydrogen-bond acceptors (Lipinski definition) is 9. The monoisotopic (exact) mass is 481 g/mol. The average molecular weight is 482 g/mol. The highest BCUT2D eigenvalue weighted by molar-refractivity contribution is 5.92. The number of aliphatic hydroxyl groups is 1. The van der Waals surface area contributed by atoms with Crippen LogP contribution in [0, 0.1) is 5.92 Å². The van der Waals surface area contributed by atoms with Crippen molar-refractivity contribution in [3.8, 4) is 0 Å². The normalized spacial score (nSPS) is 22.8. The third-order valence-corrected chi connectivity index (χ3v) is 5.63. The minimum Gasteiger partial charge on any atom is -0.462 e. The molecule has 34 heavy (non-hydrogen) atoms. The second-order valence-electron chi connectivity index (χ2n) is 8.18. The Balaban J connectivity index is 2.03. The maximum absolute atomic E-state index is 12.2. The van der Waals surface area contributed by atoms with Gasteiger partial charge in [0.15, 0.2) is 24.6 Å². The van der Waals surface area contributed by atoms with Crippen molar-refractivity contribution in [3.63, 3.8) is 0 Å². The van der Waals surface area contributed by atoms with Gasteiger partial charge in [0, 0.05) is 18.9 Å². The van der Waals surface area contributed by atoms with Gasteiger partial charge in [-0.1, -0.05) is 20.8 Å². The molecule has 188 valence electrons. The third kappa shape index (κ3) is 7.22. The zero-order valence-corrected chi connectivity index (χ0v) is 19.8. The summed E-state index contributed by atoms with van der Waals surface area (Å²) in [5, 5.41) is 10.0. The molecule has 0 spiro atoms. The molecule has 1 fully saturated rings. The maximum Gasteiger partial charge on any atom is 0.335 e. The Labute approximate surface area is 198 Å². The minimum atomic E-state index is -1.68. The van der Waals surface area contributed by atoms with Crippen LogP contribution in [0.25, 0.3) is 0 Å². The van der Waals surface area contributed by atoms with Gasteiger partial charge >= 0.3 is 24.1 Å². The standard InChI is InChI=1S/C23H32N2O9/c1-5-16(6-2)33-19(28)10-17(27)23(30)31-12-18-13(3)20(32-14(4)26)22(34-18)25-9-7-8-15(11-25)21(24)29/h7-9,11,13,16-18,20,22,27H,5-6,10,12H2,1-4H3,(H-,24,29)/p+1/t13-,17+,18-,20-,22-/m1/s1. The average Bonchev–Trinajstić information content (AvgIpc) is 3.10. The van der Waals surface area contributed by atoms with E-state index in [-0.39, 0.29) is 18.3 Å². The van der Waals surface area contributed by atoms with E-state index in [9.17, 15) is 24.3 Å². The van der Waals surface area contributed by atoms with Crippen LogP contribution in [0.1, 0.15) is 63.5 Å². The van der Waals surface area contributed by atoms with Gasteiger partial charge in [-0.15, -0.1) is 0 Å². The summed E-state index contributed by atoms with van der Waals surface area (Å²) in [4.78, 5) is 47.3. The van der Waals surface area contributed by atoms with E-state index in [1.807, 2.05) is 13.8 Å². The van der Waals surface area contributed by atoms with Gasteiger partial charge in [-0.05, 0) is 18.9 Å². The fourth-order valence-corrected chi connectivity index (χ4v) is 3.63. The van der Waals surface area contributed by atoms with Crippen LogP contribution < -0.4 is 10.3 Å². The van der Waals surface area contributed by atoms with Gasteiger partial charge in [-0.2, -0.15) is 4.57 Å². The van der Waals surface area contributed by atoms with E-state index in [1.165, 1.54) is 19.2 Å². The first-order valence-electron chi connectivity index (χ1n) is 11.2. The van der Waals surface area contributed by atoms with Crippen molar-refractivity contribution in [3.05, 3.63) is 30.1 Å². The van der Waals surface area contributed by atoms with Gasteiger partial charge in [0.2, 0.25) is 0 Å². The van der Waals surface area contributed by atoms with E-state index in [4.69, 9.17) is 24.7 Å². The smallest absolute Gasteiger partial charge is 0.335 e. The van der Waals surface area contributed by atoms with Crippen molar-refractivity contribution in [2.45, 2.75) is 77.6 Å². The van der Waals surface area contributed by atoms with E-state index in [0.29, 0.717) is 12.8 Å². The Morgan fingerprint density at radius 1 is 1.24 bits per heavy atom. The summed E-state index contributed by atoms with van der Waals surface area (Å²) in [5.41, 5.74) is 5.58. The predicted octanol–water partition coefficient (Wildman–Crippen LogP) is 0.564. The van der Waals surface area contributed by atoms with Crippen LogP contribution in [-0.4, -0.2) is 59.9 Å². The Morgan fingerprint density at radius 3 is 2.50 bits per heavy atom. The summed E-state index contributed by atoms with van der Waals surface area (Å²) in [6.45, 7) is 6.51. The Hall–Kier alpha value is -3.05. The maximum atomic E-state index is 12.2. The molecule has 1 aromatic heterocycles. The lowest BCUT2D eigenvalue weighted by Crippen LogP contribution is -2.46. The summed E-state index contributed by atoms with van der Waals surface area (Å²) < 4.78 is 23.3. The summed E-state index contributed by atoms with van der Waals surface area (Å²) in [7, 11) is 0. The first-order chi connectivity index (χ1) is 16.1. The van der Waals surface area contributed by atoms with E-state index >= 15 is 0 Å². The van der Waals surface area contributed by atoms with Crippen molar-refractivity contribution in [2.24, 2.45) is 11.7 Å². The number of primary amides is 1. The highest BCUT2D eigenvalue weighted by Crippen LogP contribution is 2.33. The van der Waals surface area contributed by atoms with Gasteiger partial charge in [0.05, 0.1) is 6.42 Å². The molecular weight excluding hydrogens is 448 g/mol. The Bertz CT molecular complexity index is 887. The van der Waals surface area contributed by atoms with Crippen LogP contribution in [0.15, 0.2) is 24.5 Å². The van der Waals surface area contributed by atoms with Gasteiger partial charge < -0.3 is 29.8 Å². The van der Waals surface area contributed by atoms with Gasteiger partial charge in [0.1, 0.15) is 24.4 Å². The zero-order valence-electron chi connectivity index (χ0n) is 19.8. The summed E-state index contributed by atoms with van der Waals surface area (Å²) in [6, 6.07) is 3.14. The number of carbonyl (C=O) groups is 4. The van der Waals surface area contributed by atoms with E-state index in [0.717, 1.165) is 0 Å². The SMILES string of the molecule is CCC(CC)OC(=O)C[C@H](O)C(=O)OC[C@H]1O[C@@H]([n+]2cccc(C(N)=O)c2)[C@H](OC(C)=O)[C@@H]1C. The van der Waals surface area contributed by atoms with Crippen molar-refractivity contribution in [1.82, 2.24) is 0 Å². The summed E-state index contributed by atoms with van der Waals surface area (Å²) >= 11 is 0. The highest BCUT2D eigenvalue weighted by Gasteiger charge is 2.50. The number of amides is 1. The van der Waals surface area contributed by atoms with Gasteiger partial charge in [-0.3, -0.25) is 14.4 Å². The Morgan fingerprint density at radius 2 is 1.91 bits per heavy atom. The number of aromatic nitrogens is 1. The third-order valence-electron chi connectivity index (χ3n) is 5.63. The van der Waals surface area contributed by atoms with Crippen LogP contribution >= 0.6 is 0 Å². The molecule has 11 nitrogen and oxygen atoms in total. The van der Waals surface area contributed by atoms with E-state index in [2.05, 4.69) is 0 Å². The van der Waals surface area contributed by atoms with E-state index < -0.39 is 60.7 Å². The molecule has 2 rings (SSSR count). The molecule has 1 aliphatic heterocycles. The second kappa shape index (κ2) is 12.4. The summed E-state index contributed by atoms with van der Waals surface area (Å²) in [6.07, 6.45) is -0.350. The number of pyridine rings is 1. The first-order valence-corrected chi connectivity index (χ1v) is 11.2. The largest absolute Gasteiger partial charge is 0.462 e. The fourth-order valence-electron chi connectivity index (χ4n) is 3.63. The second-order valence-corrected chi connectivity index (χ2v) is 8.18. The number of aliphatic hydroxyl groups excluding tert-OH is 1. The highest BCUT2D eigenvalue weighted by atomic mass is 16.6. The Kier molecular flexibility index (Phi) is 9.94. The molecule has 0 bridgehead atoms. The zero-order chi connectivity index (χ0) is 25.4. The van der Waals surface area contributed by atoms with Gasteiger partial charge in [-0.25, -0.2) is 4.79 Å². The molecule has 1 amide bonds.